The molecule has 8 nitrogen and oxygen atoms in total. The Morgan fingerprint density at radius 3 is 2.00 bits per heavy atom. The Bertz CT molecular complexity index is 1610. The van der Waals surface area contributed by atoms with Crippen molar-refractivity contribution in [3.8, 4) is 5.75 Å². The fourth-order valence-electron chi connectivity index (χ4n) is 4.79. The van der Waals surface area contributed by atoms with E-state index in [2.05, 4.69) is 5.32 Å². The maximum absolute atomic E-state index is 14.4. The molecule has 43 heavy (non-hydrogen) atoms. The Morgan fingerprint density at radius 2 is 1.40 bits per heavy atom. The number of ether oxygens (including phenoxy) is 1. The SMILES string of the molecule is CCOc1ccccc1N(CC(=O)N(Cc1ccccc1)[C@@H](Cc1ccccc1)C(=O)NC)S(=O)(=O)c1ccc(C)cc1. The van der Waals surface area contributed by atoms with E-state index in [1.807, 2.05) is 67.6 Å². The molecule has 0 radical (unpaired) electrons. The average molecular weight is 600 g/mol. The molecule has 0 aliphatic rings. The third kappa shape index (κ3) is 7.81. The predicted molar refractivity (Wildman–Crippen MR) is 168 cm³/mol. The molecule has 0 aliphatic carbocycles. The minimum absolute atomic E-state index is 0.0407. The van der Waals surface area contributed by atoms with Crippen molar-refractivity contribution in [3.63, 3.8) is 0 Å². The summed E-state index contributed by atoms with van der Waals surface area (Å²) < 4.78 is 35.2. The van der Waals surface area contributed by atoms with Gasteiger partial charge in [0, 0.05) is 20.0 Å². The average Bonchev–Trinajstić information content (AvgIpc) is 3.02. The molecule has 1 atom stereocenters. The molecule has 4 rings (SSSR count). The summed E-state index contributed by atoms with van der Waals surface area (Å²) in [7, 11) is -2.69. The van der Waals surface area contributed by atoms with Crippen molar-refractivity contribution in [1.82, 2.24) is 10.2 Å². The van der Waals surface area contributed by atoms with Crippen molar-refractivity contribution in [2.45, 2.75) is 37.8 Å². The second kappa shape index (κ2) is 14.5. The summed E-state index contributed by atoms with van der Waals surface area (Å²) in [4.78, 5) is 29.2. The van der Waals surface area contributed by atoms with Gasteiger partial charge in [0.1, 0.15) is 18.3 Å². The minimum Gasteiger partial charge on any atom is -0.492 e. The maximum Gasteiger partial charge on any atom is 0.264 e. The summed E-state index contributed by atoms with van der Waals surface area (Å²) in [6, 6.07) is 31.1. The van der Waals surface area contributed by atoms with E-state index >= 15 is 0 Å². The van der Waals surface area contributed by atoms with E-state index in [-0.39, 0.29) is 29.5 Å². The highest BCUT2D eigenvalue weighted by Crippen LogP contribution is 2.33. The predicted octanol–water partition coefficient (Wildman–Crippen LogP) is 4.98. The van der Waals surface area contributed by atoms with Crippen molar-refractivity contribution in [3.05, 3.63) is 126 Å². The number of benzene rings is 4. The largest absolute Gasteiger partial charge is 0.492 e. The van der Waals surface area contributed by atoms with Crippen molar-refractivity contribution < 1.29 is 22.7 Å². The first kappa shape index (κ1) is 31.3. The van der Waals surface area contributed by atoms with Gasteiger partial charge in [-0.1, -0.05) is 90.5 Å². The Hall–Kier alpha value is -4.63. The van der Waals surface area contributed by atoms with E-state index in [1.165, 1.54) is 24.1 Å². The molecule has 0 aromatic heterocycles. The number of rotatable bonds is 13. The number of anilines is 1. The number of para-hydroxylation sites is 2. The smallest absolute Gasteiger partial charge is 0.264 e. The molecule has 0 bridgehead atoms. The molecular weight excluding hydrogens is 562 g/mol. The summed E-state index contributed by atoms with van der Waals surface area (Å²) in [5.41, 5.74) is 2.81. The van der Waals surface area contributed by atoms with Crippen LogP contribution in [0.15, 0.2) is 114 Å². The molecule has 224 valence electrons. The highest BCUT2D eigenvalue weighted by Gasteiger charge is 2.35. The molecule has 0 unspecified atom stereocenters. The lowest BCUT2D eigenvalue weighted by Crippen LogP contribution is -2.53. The van der Waals surface area contributed by atoms with Crippen LogP contribution in [0.25, 0.3) is 0 Å². The second-order valence-corrected chi connectivity index (χ2v) is 11.9. The number of hydrogen-bond donors (Lipinski definition) is 1. The molecule has 0 spiro atoms. The van der Waals surface area contributed by atoms with E-state index in [0.717, 1.165) is 21.0 Å². The van der Waals surface area contributed by atoms with Gasteiger partial charge in [-0.15, -0.1) is 0 Å². The first-order chi connectivity index (χ1) is 20.7. The number of likely N-dealkylation sites (N-methyl/N-ethyl adjacent to an activating group) is 1. The number of amides is 2. The Balaban J connectivity index is 1.81. The van der Waals surface area contributed by atoms with Crippen LogP contribution in [-0.2, 0) is 32.6 Å². The van der Waals surface area contributed by atoms with Gasteiger partial charge >= 0.3 is 0 Å². The molecule has 2 amide bonds. The summed E-state index contributed by atoms with van der Waals surface area (Å²) in [5, 5.41) is 2.69. The monoisotopic (exact) mass is 599 g/mol. The lowest BCUT2D eigenvalue weighted by Gasteiger charge is -2.34. The standard InChI is InChI=1S/C34H37N3O5S/c1-4-42-32-18-12-11-17-30(32)37(43(40,41)29-21-19-26(2)20-22-29)25-33(38)36(24-28-15-9-6-10-16-28)31(34(39)35-3)23-27-13-7-5-8-14-27/h5-22,31H,4,23-25H2,1-3H3,(H,35,39)/t31-/m0/s1. The van der Waals surface area contributed by atoms with Crippen LogP contribution < -0.4 is 14.4 Å². The van der Waals surface area contributed by atoms with E-state index < -0.39 is 28.5 Å². The van der Waals surface area contributed by atoms with Crippen LogP contribution in [0.5, 0.6) is 5.75 Å². The van der Waals surface area contributed by atoms with Gasteiger partial charge < -0.3 is 15.0 Å². The summed E-state index contributed by atoms with van der Waals surface area (Å²) in [6.45, 7) is 3.54. The number of carbonyl (C=O) groups is 2. The van der Waals surface area contributed by atoms with Crippen LogP contribution in [0, 0.1) is 6.92 Å². The molecule has 0 saturated carbocycles. The van der Waals surface area contributed by atoms with Crippen LogP contribution in [0.1, 0.15) is 23.6 Å². The van der Waals surface area contributed by atoms with E-state index in [0.29, 0.717) is 12.4 Å². The fraction of sp³-hybridized carbons (Fsp3) is 0.235. The van der Waals surface area contributed by atoms with Gasteiger partial charge in [-0.2, -0.15) is 0 Å². The zero-order valence-electron chi connectivity index (χ0n) is 24.6. The molecule has 1 N–H and O–H groups in total. The van der Waals surface area contributed by atoms with E-state index in [1.54, 1.807) is 43.3 Å². The number of sulfonamides is 1. The minimum atomic E-state index is -4.22. The summed E-state index contributed by atoms with van der Waals surface area (Å²) in [5.74, 6) is -0.554. The van der Waals surface area contributed by atoms with Crippen LogP contribution >= 0.6 is 0 Å². The first-order valence-electron chi connectivity index (χ1n) is 14.1. The van der Waals surface area contributed by atoms with Crippen molar-refractivity contribution in [1.29, 1.82) is 0 Å². The highest BCUT2D eigenvalue weighted by molar-refractivity contribution is 7.92. The van der Waals surface area contributed by atoms with Crippen LogP contribution in [0.4, 0.5) is 5.69 Å². The molecular formula is C34H37N3O5S. The Labute approximate surface area is 254 Å². The third-order valence-electron chi connectivity index (χ3n) is 7.03. The first-order valence-corrected chi connectivity index (χ1v) is 15.6. The molecule has 0 saturated heterocycles. The quantitative estimate of drug-likeness (QED) is 0.234. The van der Waals surface area contributed by atoms with Gasteiger partial charge in [0.25, 0.3) is 10.0 Å². The molecule has 0 aliphatic heterocycles. The molecule has 0 heterocycles. The van der Waals surface area contributed by atoms with E-state index in [9.17, 15) is 18.0 Å². The van der Waals surface area contributed by atoms with Gasteiger partial charge in [0.2, 0.25) is 11.8 Å². The third-order valence-corrected chi connectivity index (χ3v) is 8.81. The Morgan fingerprint density at radius 1 is 0.814 bits per heavy atom. The number of hydrogen-bond acceptors (Lipinski definition) is 5. The zero-order chi connectivity index (χ0) is 30.8. The maximum atomic E-state index is 14.4. The van der Waals surface area contributed by atoms with Gasteiger partial charge in [-0.3, -0.25) is 13.9 Å². The van der Waals surface area contributed by atoms with Crippen LogP contribution in [-0.4, -0.2) is 51.4 Å². The van der Waals surface area contributed by atoms with Crippen molar-refractivity contribution >= 4 is 27.5 Å². The van der Waals surface area contributed by atoms with Gasteiger partial charge in [-0.25, -0.2) is 8.42 Å². The number of nitrogens with zero attached hydrogens (tertiary/aromatic N) is 2. The topological polar surface area (TPSA) is 96.0 Å². The van der Waals surface area contributed by atoms with Gasteiger partial charge in [0.05, 0.1) is 17.2 Å². The Kier molecular flexibility index (Phi) is 10.6. The van der Waals surface area contributed by atoms with Crippen molar-refractivity contribution in [2.75, 3.05) is 24.5 Å². The molecule has 4 aromatic carbocycles. The van der Waals surface area contributed by atoms with Crippen LogP contribution in [0.3, 0.4) is 0 Å². The zero-order valence-corrected chi connectivity index (χ0v) is 25.5. The summed E-state index contributed by atoms with van der Waals surface area (Å²) >= 11 is 0. The van der Waals surface area contributed by atoms with E-state index in [4.69, 9.17) is 4.74 Å². The van der Waals surface area contributed by atoms with Crippen LogP contribution in [0.2, 0.25) is 0 Å². The molecule has 4 aromatic rings. The lowest BCUT2D eigenvalue weighted by atomic mass is 10.0. The second-order valence-electron chi connectivity index (χ2n) is 10.1. The molecule has 0 fully saturated rings. The normalized spacial score (nSPS) is 11.8. The van der Waals surface area contributed by atoms with Gasteiger partial charge in [0.15, 0.2) is 0 Å². The highest BCUT2D eigenvalue weighted by atomic mass is 32.2. The van der Waals surface area contributed by atoms with Crippen molar-refractivity contribution in [2.24, 2.45) is 0 Å². The van der Waals surface area contributed by atoms with Gasteiger partial charge in [-0.05, 0) is 49.2 Å². The lowest BCUT2D eigenvalue weighted by molar-refractivity contribution is -0.139. The fourth-order valence-corrected chi connectivity index (χ4v) is 6.22. The number of aryl methyl sites for hydroxylation is 1. The number of carbonyl (C=O) groups excluding carboxylic acids is 2. The molecule has 9 heteroatoms. The number of nitrogens with one attached hydrogen (secondary N) is 1. The summed E-state index contributed by atoms with van der Waals surface area (Å²) in [6.07, 6.45) is 0.249.